The summed E-state index contributed by atoms with van der Waals surface area (Å²) in [5.41, 5.74) is 1.11. The number of benzene rings is 1. The van der Waals surface area contributed by atoms with Crippen molar-refractivity contribution in [3.8, 4) is 5.75 Å². The average molecular weight is 292 g/mol. The minimum absolute atomic E-state index is 0.283. The van der Waals surface area contributed by atoms with E-state index in [1.807, 2.05) is 12.1 Å². The van der Waals surface area contributed by atoms with Crippen LogP contribution in [-0.4, -0.2) is 31.8 Å². The maximum atomic E-state index is 13.6. The van der Waals surface area contributed by atoms with Gasteiger partial charge in [0.25, 0.3) is 0 Å². The molecular weight excluding hydrogens is 267 g/mol. The molecule has 21 heavy (non-hydrogen) atoms. The summed E-state index contributed by atoms with van der Waals surface area (Å²) in [6.07, 6.45) is 6.15. The second-order valence-electron chi connectivity index (χ2n) is 6.19. The Morgan fingerprint density at radius 1 is 1.29 bits per heavy atom. The van der Waals surface area contributed by atoms with Crippen LogP contribution in [0.4, 0.5) is 10.1 Å². The largest absolute Gasteiger partial charge is 0.494 e. The van der Waals surface area contributed by atoms with Gasteiger partial charge in [0.1, 0.15) is 0 Å². The number of nitrogens with zero attached hydrogens (tertiary/aromatic N) is 1. The topological polar surface area (TPSA) is 24.5 Å². The fourth-order valence-corrected chi connectivity index (χ4v) is 4.07. The van der Waals surface area contributed by atoms with E-state index >= 15 is 0 Å². The van der Waals surface area contributed by atoms with Crippen LogP contribution in [0.15, 0.2) is 18.2 Å². The Morgan fingerprint density at radius 2 is 2.00 bits per heavy atom. The fraction of sp³-hybridized carbons (Fsp3) is 0.647. The number of rotatable bonds is 4. The van der Waals surface area contributed by atoms with Gasteiger partial charge in [-0.15, -0.1) is 0 Å². The Kier molecular flexibility index (Phi) is 4.34. The fourth-order valence-electron chi connectivity index (χ4n) is 4.07. The van der Waals surface area contributed by atoms with Crippen molar-refractivity contribution in [3.05, 3.63) is 24.0 Å². The van der Waals surface area contributed by atoms with Crippen molar-refractivity contribution in [1.29, 1.82) is 0 Å². The first-order valence-corrected chi connectivity index (χ1v) is 8.08. The lowest BCUT2D eigenvalue weighted by Gasteiger charge is -2.50. The third kappa shape index (κ3) is 2.86. The Balaban J connectivity index is 1.85. The van der Waals surface area contributed by atoms with Crippen molar-refractivity contribution in [2.45, 2.75) is 57.2 Å². The van der Waals surface area contributed by atoms with Gasteiger partial charge in [0.05, 0.1) is 7.11 Å². The van der Waals surface area contributed by atoms with Gasteiger partial charge in [-0.1, -0.05) is 6.92 Å². The van der Waals surface area contributed by atoms with E-state index in [1.54, 1.807) is 0 Å². The van der Waals surface area contributed by atoms with E-state index in [4.69, 9.17) is 4.74 Å². The molecule has 4 heteroatoms. The van der Waals surface area contributed by atoms with Crippen LogP contribution >= 0.6 is 0 Å². The zero-order chi connectivity index (χ0) is 14.8. The highest BCUT2D eigenvalue weighted by molar-refractivity contribution is 5.54. The van der Waals surface area contributed by atoms with E-state index in [1.165, 1.54) is 45.3 Å². The van der Waals surface area contributed by atoms with Crippen molar-refractivity contribution in [3.63, 3.8) is 0 Å². The number of methoxy groups -OCH3 is 1. The van der Waals surface area contributed by atoms with Crippen LogP contribution in [-0.2, 0) is 0 Å². The van der Waals surface area contributed by atoms with E-state index in [0.29, 0.717) is 23.9 Å². The summed E-state index contributed by atoms with van der Waals surface area (Å²) < 4.78 is 18.8. The molecule has 0 aromatic heterocycles. The lowest BCUT2D eigenvalue weighted by molar-refractivity contribution is 0.247. The zero-order valence-electron chi connectivity index (χ0n) is 12.9. The first-order chi connectivity index (χ1) is 10.2. The highest BCUT2D eigenvalue weighted by atomic mass is 19.1. The van der Waals surface area contributed by atoms with E-state index in [-0.39, 0.29) is 5.82 Å². The van der Waals surface area contributed by atoms with Crippen LogP contribution in [0.25, 0.3) is 0 Å². The van der Waals surface area contributed by atoms with Crippen molar-refractivity contribution in [2.75, 3.05) is 18.6 Å². The lowest BCUT2D eigenvalue weighted by Crippen LogP contribution is -2.56. The molecule has 0 saturated carbocycles. The summed E-state index contributed by atoms with van der Waals surface area (Å²) in [5.74, 6) is 0.0633. The standard InChI is InChI=1S/C17H25FN2O/c1-3-19-12-9-13-5-4-6-14(10-12)20(13)15-7-8-16(18)17(11-15)21-2/h7-8,11-14,19H,3-6,9-10H2,1-2H3. The van der Waals surface area contributed by atoms with Gasteiger partial charge in [-0.2, -0.15) is 0 Å². The minimum atomic E-state index is -0.283. The highest BCUT2D eigenvalue weighted by Gasteiger charge is 2.38. The molecule has 2 unspecified atom stereocenters. The van der Waals surface area contributed by atoms with Gasteiger partial charge in [0.15, 0.2) is 11.6 Å². The van der Waals surface area contributed by atoms with Crippen LogP contribution in [0, 0.1) is 5.82 Å². The van der Waals surface area contributed by atoms with Crippen molar-refractivity contribution < 1.29 is 9.13 Å². The molecule has 2 saturated heterocycles. The molecule has 0 radical (unpaired) electrons. The minimum Gasteiger partial charge on any atom is -0.494 e. The molecule has 1 aromatic carbocycles. The second-order valence-corrected chi connectivity index (χ2v) is 6.19. The van der Waals surface area contributed by atoms with Crippen LogP contribution in [0.2, 0.25) is 0 Å². The number of halogens is 1. The van der Waals surface area contributed by atoms with Crippen molar-refractivity contribution in [1.82, 2.24) is 5.32 Å². The zero-order valence-corrected chi connectivity index (χ0v) is 12.9. The Bertz CT molecular complexity index is 480. The van der Waals surface area contributed by atoms with Crippen molar-refractivity contribution >= 4 is 5.69 Å². The molecule has 2 atom stereocenters. The predicted octanol–water partition coefficient (Wildman–Crippen LogP) is 3.33. The number of piperidine rings is 2. The molecule has 116 valence electrons. The summed E-state index contributed by atoms with van der Waals surface area (Å²) in [6.45, 7) is 3.21. The Labute approximate surface area is 126 Å². The average Bonchev–Trinajstić information content (AvgIpc) is 2.47. The number of anilines is 1. The molecule has 2 fully saturated rings. The predicted molar refractivity (Wildman–Crippen MR) is 83.6 cm³/mol. The molecule has 0 amide bonds. The number of ether oxygens (including phenoxy) is 1. The number of fused-ring (bicyclic) bond motifs is 2. The lowest BCUT2D eigenvalue weighted by atomic mass is 9.81. The number of hydrogen-bond acceptors (Lipinski definition) is 3. The summed E-state index contributed by atoms with van der Waals surface area (Å²) in [6, 6.07) is 7.04. The maximum absolute atomic E-state index is 13.6. The van der Waals surface area contributed by atoms with Gasteiger partial charge in [-0.25, -0.2) is 4.39 Å². The van der Waals surface area contributed by atoms with E-state index in [9.17, 15) is 4.39 Å². The molecule has 3 nitrogen and oxygen atoms in total. The van der Waals surface area contributed by atoms with E-state index < -0.39 is 0 Å². The van der Waals surface area contributed by atoms with Crippen LogP contribution < -0.4 is 15.0 Å². The second kappa shape index (κ2) is 6.22. The van der Waals surface area contributed by atoms with E-state index in [2.05, 4.69) is 17.1 Å². The third-order valence-corrected chi connectivity index (χ3v) is 4.90. The monoisotopic (exact) mass is 292 g/mol. The summed E-state index contributed by atoms with van der Waals surface area (Å²) >= 11 is 0. The third-order valence-electron chi connectivity index (χ3n) is 4.90. The summed E-state index contributed by atoms with van der Waals surface area (Å²) in [5, 5.41) is 3.61. The van der Waals surface area contributed by atoms with Crippen LogP contribution in [0.5, 0.6) is 5.75 Å². The van der Waals surface area contributed by atoms with E-state index in [0.717, 1.165) is 12.2 Å². The molecule has 2 aliphatic rings. The number of nitrogens with one attached hydrogen (secondary N) is 1. The molecule has 1 N–H and O–H groups in total. The quantitative estimate of drug-likeness (QED) is 0.921. The first-order valence-electron chi connectivity index (χ1n) is 8.08. The van der Waals surface area contributed by atoms with Gasteiger partial charge in [-0.05, 0) is 50.8 Å². The van der Waals surface area contributed by atoms with Crippen LogP contribution in [0.3, 0.4) is 0 Å². The van der Waals surface area contributed by atoms with Gasteiger partial charge in [0.2, 0.25) is 0 Å². The normalized spacial score (nSPS) is 28.5. The summed E-state index contributed by atoms with van der Waals surface area (Å²) in [7, 11) is 1.53. The molecule has 0 spiro atoms. The molecule has 3 rings (SSSR count). The molecular formula is C17H25FN2O. The smallest absolute Gasteiger partial charge is 0.165 e. The van der Waals surface area contributed by atoms with Crippen LogP contribution in [0.1, 0.15) is 39.0 Å². The molecule has 0 aliphatic carbocycles. The maximum Gasteiger partial charge on any atom is 0.165 e. The molecule has 2 aliphatic heterocycles. The first kappa shape index (κ1) is 14.6. The van der Waals surface area contributed by atoms with Gasteiger partial charge in [0, 0.05) is 29.9 Å². The Morgan fingerprint density at radius 3 is 2.62 bits per heavy atom. The van der Waals surface area contributed by atoms with Gasteiger partial charge in [-0.3, -0.25) is 0 Å². The molecule has 2 heterocycles. The SMILES string of the molecule is CCNC1CC2CCCC(C1)N2c1ccc(F)c(OC)c1. The van der Waals surface area contributed by atoms with Crippen molar-refractivity contribution in [2.24, 2.45) is 0 Å². The molecule has 1 aromatic rings. The summed E-state index contributed by atoms with van der Waals surface area (Å²) in [4.78, 5) is 2.51. The van der Waals surface area contributed by atoms with Gasteiger partial charge >= 0.3 is 0 Å². The number of hydrogen-bond donors (Lipinski definition) is 1. The highest BCUT2D eigenvalue weighted by Crippen LogP contribution is 2.39. The molecule has 2 bridgehead atoms. The Hall–Kier alpha value is -1.29. The van der Waals surface area contributed by atoms with Gasteiger partial charge < -0.3 is 15.0 Å².